The number of Topliss-reactive ketones (excluding diaryl/α,β-unsaturated/α-hetero) is 1. The molecule has 0 radical (unpaired) electrons. The fourth-order valence-electron chi connectivity index (χ4n) is 5.56. The molecule has 2 aliphatic rings. The fourth-order valence-corrected chi connectivity index (χ4v) is 6.19. The zero-order valence-corrected chi connectivity index (χ0v) is 23.2. The van der Waals surface area contributed by atoms with Gasteiger partial charge in [0, 0.05) is 24.3 Å². The number of ketones is 1. The molecule has 1 aromatic rings. The maximum atomic E-state index is 13.1. The van der Waals surface area contributed by atoms with Crippen LogP contribution in [0.4, 0.5) is 0 Å². The molecule has 0 spiro atoms. The summed E-state index contributed by atoms with van der Waals surface area (Å²) in [7, 11) is 0. The lowest BCUT2D eigenvalue weighted by Gasteiger charge is -2.34. The zero-order valence-electron chi connectivity index (χ0n) is 22.4. The smallest absolute Gasteiger partial charge is 0.308 e. The van der Waals surface area contributed by atoms with Crippen molar-refractivity contribution in [2.45, 2.75) is 104 Å². The van der Waals surface area contributed by atoms with Gasteiger partial charge in [0.2, 0.25) is 0 Å². The van der Waals surface area contributed by atoms with Crippen LogP contribution >= 0.6 is 11.3 Å². The summed E-state index contributed by atoms with van der Waals surface area (Å²) >= 11 is 1.52. The Kier molecular flexibility index (Phi) is 8.83. The zero-order chi connectivity index (χ0) is 26.9. The number of thiazole rings is 1. The van der Waals surface area contributed by atoms with Crippen molar-refractivity contribution < 1.29 is 29.3 Å². The second-order valence-electron chi connectivity index (χ2n) is 11.3. The van der Waals surface area contributed by atoms with E-state index >= 15 is 0 Å². The van der Waals surface area contributed by atoms with Gasteiger partial charge < -0.3 is 25.4 Å². The number of carbonyl (C=O) groups excluding carboxylic acids is 2. The summed E-state index contributed by atoms with van der Waals surface area (Å²) in [5.74, 6) is -1.59. The Balaban J connectivity index is 1.85. The molecule has 0 amide bonds. The molecule has 6 unspecified atom stereocenters. The molecule has 2 saturated heterocycles. The lowest BCUT2D eigenvalue weighted by atomic mass is 9.72. The van der Waals surface area contributed by atoms with Gasteiger partial charge >= 0.3 is 5.97 Å². The Bertz CT molecular complexity index is 991. The molecular weight excluding hydrogens is 480 g/mol. The van der Waals surface area contributed by atoms with Gasteiger partial charge in [0.05, 0.1) is 41.9 Å². The van der Waals surface area contributed by atoms with Crippen molar-refractivity contribution in [3.05, 3.63) is 21.7 Å². The van der Waals surface area contributed by atoms with E-state index in [1.807, 2.05) is 25.3 Å². The van der Waals surface area contributed by atoms with E-state index in [-0.39, 0.29) is 24.7 Å². The van der Waals surface area contributed by atoms with Crippen LogP contribution in [-0.2, 0) is 25.6 Å². The SMILES string of the molecule is CC(=Cc1csc(CN)n1)C12CCOC(=O)CC(O)C(C)(C)C(=O)C(C)C(O)C(C)CCCC1(C)O2. The van der Waals surface area contributed by atoms with Crippen molar-refractivity contribution in [3.8, 4) is 0 Å². The number of aromatic nitrogens is 1. The van der Waals surface area contributed by atoms with Crippen LogP contribution in [0.15, 0.2) is 11.0 Å². The molecule has 2 fully saturated rings. The van der Waals surface area contributed by atoms with E-state index in [9.17, 15) is 19.8 Å². The van der Waals surface area contributed by atoms with Crippen LogP contribution in [0, 0.1) is 17.3 Å². The van der Waals surface area contributed by atoms with Gasteiger partial charge in [-0.25, -0.2) is 4.98 Å². The van der Waals surface area contributed by atoms with Crippen LogP contribution in [0.2, 0.25) is 0 Å². The van der Waals surface area contributed by atoms with Gasteiger partial charge in [-0.3, -0.25) is 9.59 Å². The van der Waals surface area contributed by atoms with Crippen molar-refractivity contribution in [1.82, 2.24) is 4.98 Å². The molecular formula is C27H42N2O6S. The molecule has 9 heteroatoms. The Morgan fingerprint density at radius 1 is 1.25 bits per heavy atom. The molecule has 0 aliphatic carbocycles. The van der Waals surface area contributed by atoms with Crippen molar-refractivity contribution in [2.75, 3.05) is 6.61 Å². The quantitative estimate of drug-likeness (QED) is 0.405. The number of rotatable bonds is 3. The number of hydrogen-bond acceptors (Lipinski definition) is 9. The highest BCUT2D eigenvalue weighted by Gasteiger charge is 2.66. The standard InChI is InChI=1S/C27H42N2O6S/c1-16-8-7-9-26(6)27(35-26,17(2)12-19-15-36-21(14-28)29-19)10-11-34-22(31)13-20(30)25(4,5)24(33)18(3)23(16)32/h12,15-16,18,20,23,30,32H,7-11,13-14,28H2,1-6H3. The number of aliphatic hydroxyl groups is 2. The minimum atomic E-state index is -1.21. The number of nitrogens with two attached hydrogens (primary N) is 1. The maximum absolute atomic E-state index is 13.1. The third kappa shape index (κ3) is 5.75. The molecule has 0 bridgehead atoms. The van der Waals surface area contributed by atoms with Gasteiger partial charge in [0.1, 0.15) is 16.4 Å². The minimum absolute atomic E-state index is 0.104. The van der Waals surface area contributed by atoms with Crippen molar-refractivity contribution >= 4 is 29.2 Å². The predicted molar refractivity (Wildman–Crippen MR) is 139 cm³/mol. The average Bonchev–Trinajstić information content (AvgIpc) is 3.17. The van der Waals surface area contributed by atoms with Crippen molar-refractivity contribution in [2.24, 2.45) is 23.0 Å². The second kappa shape index (κ2) is 11.0. The molecule has 3 heterocycles. The summed E-state index contributed by atoms with van der Waals surface area (Å²) < 4.78 is 11.9. The molecule has 1 aromatic heterocycles. The molecule has 3 rings (SSSR count). The van der Waals surface area contributed by atoms with Crippen LogP contribution in [0.1, 0.15) is 84.3 Å². The molecule has 8 nitrogen and oxygen atoms in total. The lowest BCUT2D eigenvalue weighted by molar-refractivity contribution is -0.151. The summed E-state index contributed by atoms with van der Waals surface area (Å²) in [6.45, 7) is 11.5. The lowest BCUT2D eigenvalue weighted by Crippen LogP contribution is -2.45. The van der Waals surface area contributed by atoms with E-state index < -0.39 is 40.7 Å². The maximum Gasteiger partial charge on any atom is 0.308 e. The summed E-state index contributed by atoms with van der Waals surface area (Å²) in [6, 6.07) is 0. The molecule has 4 N–H and O–H groups in total. The second-order valence-corrected chi connectivity index (χ2v) is 12.2. The molecule has 2 aliphatic heterocycles. The van der Waals surface area contributed by atoms with Crippen LogP contribution < -0.4 is 5.73 Å². The Labute approximate surface area is 218 Å². The Hall–Kier alpha value is -1.65. The van der Waals surface area contributed by atoms with Crippen LogP contribution in [0.5, 0.6) is 0 Å². The summed E-state index contributed by atoms with van der Waals surface area (Å²) in [5.41, 5.74) is 5.31. The molecule has 6 atom stereocenters. The number of hydrogen-bond donors (Lipinski definition) is 3. The molecule has 0 saturated carbocycles. The first-order chi connectivity index (χ1) is 16.8. The largest absolute Gasteiger partial charge is 0.465 e. The number of fused-ring (bicyclic) bond motifs is 1. The van der Waals surface area contributed by atoms with E-state index in [4.69, 9.17) is 15.2 Å². The number of epoxide rings is 1. The number of nitrogens with zero attached hydrogens (tertiary/aromatic N) is 1. The topological polar surface area (TPSA) is 135 Å². The van der Waals surface area contributed by atoms with Crippen LogP contribution in [0.3, 0.4) is 0 Å². The minimum Gasteiger partial charge on any atom is -0.465 e. The summed E-state index contributed by atoms with van der Waals surface area (Å²) in [4.78, 5) is 30.2. The number of esters is 1. The first-order valence-electron chi connectivity index (χ1n) is 12.9. The van der Waals surface area contributed by atoms with E-state index in [1.54, 1.807) is 20.8 Å². The van der Waals surface area contributed by atoms with E-state index in [0.717, 1.165) is 35.5 Å². The number of carbonyl (C=O) groups is 2. The predicted octanol–water partition coefficient (Wildman–Crippen LogP) is 3.63. The third-order valence-electron chi connectivity index (χ3n) is 8.33. The van der Waals surface area contributed by atoms with Gasteiger partial charge in [-0.2, -0.15) is 0 Å². The highest BCUT2D eigenvalue weighted by molar-refractivity contribution is 7.09. The molecule has 36 heavy (non-hydrogen) atoms. The summed E-state index contributed by atoms with van der Waals surface area (Å²) in [6.07, 6.45) is 2.44. The number of aliphatic hydroxyl groups excluding tert-OH is 2. The van der Waals surface area contributed by atoms with Gasteiger partial charge in [-0.15, -0.1) is 11.3 Å². The van der Waals surface area contributed by atoms with E-state index in [2.05, 4.69) is 11.9 Å². The molecule has 202 valence electrons. The monoisotopic (exact) mass is 522 g/mol. The van der Waals surface area contributed by atoms with E-state index in [0.29, 0.717) is 13.0 Å². The highest BCUT2D eigenvalue weighted by atomic mass is 32.1. The highest BCUT2D eigenvalue weighted by Crippen LogP contribution is 2.58. The Morgan fingerprint density at radius 2 is 1.94 bits per heavy atom. The summed E-state index contributed by atoms with van der Waals surface area (Å²) in [5, 5.41) is 24.5. The first kappa shape index (κ1) is 28.9. The first-order valence-corrected chi connectivity index (χ1v) is 13.7. The van der Waals surface area contributed by atoms with Crippen molar-refractivity contribution in [3.63, 3.8) is 0 Å². The van der Waals surface area contributed by atoms with Gasteiger partial charge in [-0.05, 0) is 44.3 Å². The third-order valence-corrected chi connectivity index (χ3v) is 9.21. The Morgan fingerprint density at radius 3 is 2.58 bits per heavy atom. The fraction of sp³-hybridized carbons (Fsp3) is 0.741. The van der Waals surface area contributed by atoms with Gasteiger partial charge in [-0.1, -0.05) is 34.1 Å². The normalized spacial score (nSPS) is 36.8. The van der Waals surface area contributed by atoms with Crippen LogP contribution in [-0.4, -0.2) is 57.0 Å². The molecule has 0 aromatic carbocycles. The van der Waals surface area contributed by atoms with Gasteiger partial charge in [0.15, 0.2) is 0 Å². The van der Waals surface area contributed by atoms with E-state index in [1.165, 1.54) is 11.3 Å². The number of cyclic esters (lactones) is 1. The van der Waals surface area contributed by atoms with Crippen molar-refractivity contribution in [1.29, 1.82) is 0 Å². The van der Waals surface area contributed by atoms with Gasteiger partial charge in [0.25, 0.3) is 0 Å². The number of ether oxygens (including phenoxy) is 2. The average molecular weight is 523 g/mol. The van der Waals surface area contributed by atoms with Crippen LogP contribution in [0.25, 0.3) is 6.08 Å².